The van der Waals surface area contributed by atoms with Crippen LogP contribution in [0.4, 0.5) is 5.69 Å². The van der Waals surface area contributed by atoms with Crippen LogP contribution in [0.1, 0.15) is 24.0 Å². The van der Waals surface area contributed by atoms with E-state index in [-0.39, 0.29) is 17.6 Å². The van der Waals surface area contributed by atoms with Gasteiger partial charge in [-0.1, -0.05) is 42.5 Å². The summed E-state index contributed by atoms with van der Waals surface area (Å²) in [5.41, 5.74) is 2.02. The Morgan fingerprint density at radius 2 is 1.92 bits per heavy atom. The van der Waals surface area contributed by atoms with Gasteiger partial charge in [0.05, 0.1) is 11.0 Å². The fourth-order valence-corrected chi connectivity index (χ4v) is 3.49. The summed E-state index contributed by atoms with van der Waals surface area (Å²) in [4.78, 5) is 27.3. The van der Waals surface area contributed by atoms with E-state index in [0.29, 0.717) is 6.54 Å². The van der Waals surface area contributed by atoms with Crippen molar-refractivity contribution < 1.29 is 9.72 Å². The quantitative estimate of drug-likeness (QED) is 0.591. The van der Waals surface area contributed by atoms with E-state index in [0.717, 1.165) is 31.5 Å². The summed E-state index contributed by atoms with van der Waals surface area (Å²) in [6.45, 7) is 2.05. The van der Waals surface area contributed by atoms with Crippen LogP contribution in [0.25, 0.3) is 0 Å². The Balaban J connectivity index is 1.65. The Hall–Kier alpha value is -2.73. The molecule has 6 nitrogen and oxygen atoms in total. The first kappa shape index (κ1) is 18.1. The Labute approximate surface area is 153 Å². The third kappa shape index (κ3) is 4.26. The fraction of sp³-hybridized carbons (Fsp3) is 0.350. The molecule has 6 heteroatoms. The number of nitro benzene ring substituents is 1. The van der Waals surface area contributed by atoms with E-state index in [4.69, 9.17) is 0 Å². The molecule has 0 unspecified atom stereocenters. The molecule has 0 aromatic heterocycles. The highest BCUT2D eigenvalue weighted by atomic mass is 16.6. The van der Waals surface area contributed by atoms with Gasteiger partial charge in [0.1, 0.15) is 0 Å². The Morgan fingerprint density at radius 3 is 2.65 bits per heavy atom. The molecule has 26 heavy (non-hydrogen) atoms. The largest absolute Gasteiger partial charge is 0.340 e. The maximum atomic E-state index is 12.9. The van der Waals surface area contributed by atoms with Gasteiger partial charge in [-0.2, -0.15) is 0 Å². The Bertz CT molecular complexity index is 779. The maximum absolute atomic E-state index is 12.9. The Kier molecular flexibility index (Phi) is 5.63. The highest BCUT2D eigenvalue weighted by Gasteiger charge is 2.32. The smallest absolute Gasteiger partial charge is 0.269 e. The van der Waals surface area contributed by atoms with Crippen LogP contribution in [-0.2, 0) is 17.9 Å². The van der Waals surface area contributed by atoms with Gasteiger partial charge in [-0.05, 0) is 30.5 Å². The lowest BCUT2D eigenvalue weighted by atomic mass is 10.1. The normalized spacial score (nSPS) is 17.2. The monoisotopic (exact) mass is 353 g/mol. The molecule has 3 rings (SSSR count). The van der Waals surface area contributed by atoms with Crippen LogP contribution in [0, 0.1) is 10.1 Å². The number of carbonyl (C=O) groups is 1. The van der Waals surface area contributed by atoms with E-state index in [1.54, 1.807) is 18.0 Å². The van der Waals surface area contributed by atoms with Gasteiger partial charge in [0, 0.05) is 32.3 Å². The number of amides is 1. The first-order valence-electron chi connectivity index (χ1n) is 8.81. The predicted molar refractivity (Wildman–Crippen MR) is 99.4 cm³/mol. The van der Waals surface area contributed by atoms with Crippen LogP contribution in [0.5, 0.6) is 0 Å². The van der Waals surface area contributed by atoms with Gasteiger partial charge >= 0.3 is 0 Å². The number of benzene rings is 2. The topological polar surface area (TPSA) is 66.7 Å². The van der Waals surface area contributed by atoms with Gasteiger partial charge in [-0.25, -0.2) is 0 Å². The molecule has 1 aliphatic rings. The van der Waals surface area contributed by atoms with Gasteiger partial charge in [-0.15, -0.1) is 0 Å². The number of nitro groups is 1. The summed E-state index contributed by atoms with van der Waals surface area (Å²) >= 11 is 0. The molecule has 0 saturated carbocycles. The summed E-state index contributed by atoms with van der Waals surface area (Å²) in [7, 11) is 1.76. The third-order valence-corrected chi connectivity index (χ3v) is 4.79. The van der Waals surface area contributed by atoms with Gasteiger partial charge in [0.25, 0.3) is 5.69 Å². The molecule has 0 radical (unpaired) electrons. The predicted octanol–water partition coefficient (Wildman–Crippen LogP) is 3.22. The van der Waals surface area contributed by atoms with Gasteiger partial charge < -0.3 is 4.90 Å². The van der Waals surface area contributed by atoms with Crippen molar-refractivity contribution in [1.82, 2.24) is 9.80 Å². The second kappa shape index (κ2) is 8.10. The molecule has 1 aliphatic heterocycles. The lowest BCUT2D eigenvalue weighted by Crippen LogP contribution is -2.43. The molecule has 0 N–H and O–H groups in total. The number of rotatable bonds is 6. The highest BCUT2D eigenvalue weighted by Crippen LogP contribution is 2.22. The summed E-state index contributed by atoms with van der Waals surface area (Å²) in [5, 5.41) is 10.9. The summed E-state index contributed by atoms with van der Waals surface area (Å²) in [6.07, 6.45) is 1.86. The first-order chi connectivity index (χ1) is 12.5. The van der Waals surface area contributed by atoms with Gasteiger partial charge in [0.15, 0.2) is 0 Å². The molecule has 0 aliphatic carbocycles. The lowest BCUT2D eigenvalue weighted by molar-refractivity contribution is -0.384. The van der Waals surface area contributed by atoms with Crippen LogP contribution in [0.15, 0.2) is 54.6 Å². The molecule has 1 atom stereocenters. The zero-order chi connectivity index (χ0) is 18.5. The van der Waals surface area contributed by atoms with E-state index in [1.807, 2.05) is 24.3 Å². The third-order valence-electron chi connectivity index (χ3n) is 4.79. The molecule has 1 saturated heterocycles. The molecular weight excluding hydrogens is 330 g/mol. The molecule has 1 amide bonds. The van der Waals surface area contributed by atoms with E-state index >= 15 is 0 Å². The molecule has 0 spiro atoms. The van der Waals surface area contributed by atoms with Gasteiger partial charge in [-0.3, -0.25) is 19.8 Å². The van der Waals surface area contributed by atoms with Crippen molar-refractivity contribution in [2.45, 2.75) is 32.0 Å². The van der Waals surface area contributed by atoms with Crippen LogP contribution in [0.3, 0.4) is 0 Å². The molecule has 2 aromatic rings. The number of carbonyl (C=O) groups excluding carboxylic acids is 1. The zero-order valence-electron chi connectivity index (χ0n) is 14.9. The number of hydrogen-bond donors (Lipinski definition) is 0. The number of nitrogens with zero attached hydrogens (tertiary/aromatic N) is 3. The highest BCUT2D eigenvalue weighted by molar-refractivity contribution is 5.82. The second-order valence-electron chi connectivity index (χ2n) is 6.74. The average molecular weight is 353 g/mol. The maximum Gasteiger partial charge on any atom is 0.269 e. The molecule has 2 aromatic carbocycles. The van der Waals surface area contributed by atoms with Crippen molar-refractivity contribution >= 4 is 11.6 Å². The van der Waals surface area contributed by atoms with Crippen LogP contribution in [-0.4, -0.2) is 40.3 Å². The van der Waals surface area contributed by atoms with Crippen molar-refractivity contribution in [2.75, 3.05) is 13.6 Å². The molecular formula is C20H23N3O3. The van der Waals surface area contributed by atoms with Crippen molar-refractivity contribution in [1.29, 1.82) is 0 Å². The van der Waals surface area contributed by atoms with Crippen LogP contribution < -0.4 is 0 Å². The second-order valence-corrected chi connectivity index (χ2v) is 6.74. The molecule has 136 valence electrons. The Morgan fingerprint density at radius 1 is 1.19 bits per heavy atom. The molecule has 0 bridgehead atoms. The van der Waals surface area contributed by atoms with Crippen LogP contribution in [0.2, 0.25) is 0 Å². The minimum atomic E-state index is -0.413. The number of likely N-dealkylation sites (N-methyl/N-ethyl adjacent to an activating group) is 1. The SMILES string of the molecule is CN(Cc1cccc([N+](=O)[O-])c1)C(=O)[C@@H]1CCCN1Cc1ccccc1. The van der Waals surface area contributed by atoms with E-state index < -0.39 is 4.92 Å². The summed E-state index contributed by atoms with van der Waals surface area (Å²) in [5.74, 6) is 0.0740. The standard InChI is InChI=1S/C20H23N3O3/c1-21(14-17-9-5-10-18(13-17)23(25)26)20(24)19-11-6-12-22(19)15-16-7-3-2-4-8-16/h2-5,7-10,13,19H,6,11-12,14-15H2,1H3/t19-/m0/s1. The van der Waals surface area contributed by atoms with Crippen LogP contribution >= 0.6 is 0 Å². The van der Waals surface area contributed by atoms with E-state index in [1.165, 1.54) is 17.7 Å². The van der Waals surface area contributed by atoms with Crippen molar-refractivity contribution in [3.05, 3.63) is 75.8 Å². The van der Waals surface area contributed by atoms with Gasteiger partial charge in [0.2, 0.25) is 5.91 Å². The number of non-ortho nitro benzene ring substituents is 1. The summed E-state index contributed by atoms with van der Waals surface area (Å²) < 4.78 is 0. The van der Waals surface area contributed by atoms with E-state index in [2.05, 4.69) is 17.0 Å². The van der Waals surface area contributed by atoms with Crippen molar-refractivity contribution in [3.63, 3.8) is 0 Å². The van der Waals surface area contributed by atoms with E-state index in [9.17, 15) is 14.9 Å². The lowest BCUT2D eigenvalue weighted by Gasteiger charge is -2.28. The summed E-state index contributed by atoms with van der Waals surface area (Å²) in [6, 6.07) is 16.5. The van der Waals surface area contributed by atoms with Crippen molar-refractivity contribution in [3.8, 4) is 0 Å². The molecule has 1 heterocycles. The first-order valence-corrected chi connectivity index (χ1v) is 8.81. The fourth-order valence-electron chi connectivity index (χ4n) is 3.49. The van der Waals surface area contributed by atoms with Crippen molar-refractivity contribution in [2.24, 2.45) is 0 Å². The minimum absolute atomic E-state index is 0.0509. The zero-order valence-corrected chi connectivity index (χ0v) is 14.9. The number of likely N-dealkylation sites (tertiary alicyclic amines) is 1. The minimum Gasteiger partial charge on any atom is -0.340 e. The molecule has 1 fully saturated rings. The number of hydrogen-bond acceptors (Lipinski definition) is 4. The average Bonchev–Trinajstić information content (AvgIpc) is 3.10.